The Kier molecular flexibility index (Phi) is 9.65. The highest BCUT2D eigenvalue weighted by molar-refractivity contribution is 14.0. The highest BCUT2D eigenvalue weighted by Crippen LogP contribution is 2.14. The van der Waals surface area contributed by atoms with Crippen LogP contribution in [-0.4, -0.2) is 48.7 Å². The van der Waals surface area contributed by atoms with Crippen LogP contribution in [0.4, 0.5) is 0 Å². The average molecular weight is 449 g/mol. The van der Waals surface area contributed by atoms with E-state index in [1.54, 1.807) is 7.05 Å². The summed E-state index contributed by atoms with van der Waals surface area (Å²) in [6, 6.07) is 2.58. The Morgan fingerprint density at radius 3 is 2.58 bits per heavy atom. The van der Waals surface area contributed by atoms with Gasteiger partial charge in [-0.2, -0.15) is 0 Å². The van der Waals surface area contributed by atoms with Crippen LogP contribution in [0.3, 0.4) is 0 Å². The highest BCUT2D eigenvalue weighted by Gasteiger charge is 2.20. The molecule has 2 N–H and O–H groups in total. The maximum Gasteiger partial charge on any atom is 0.191 e. The Balaban J connectivity index is 0.00000288. The normalized spacial score (nSPS) is 17.0. The van der Waals surface area contributed by atoms with Gasteiger partial charge in [0, 0.05) is 25.7 Å². The quantitative estimate of drug-likeness (QED) is 0.381. The summed E-state index contributed by atoms with van der Waals surface area (Å²) in [4.78, 5) is 6.87. The van der Waals surface area contributed by atoms with Gasteiger partial charge in [0.05, 0.1) is 12.2 Å². The zero-order valence-electron chi connectivity index (χ0n) is 15.3. The maximum absolute atomic E-state index is 5.35. The van der Waals surface area contributed by atoms with Crippen molar-refractivity contribution in [3.63, 3.8) is 0 Å². The molecule has 7 heteroatoms. The molecular weight excluding hydrogens is 417 g/mol. The van der Waals surface area contributed by atoms with Crippen molar-refractivity contribution in [2.75, 3.05) is 26.7 Å². The van der Waals surface area contributed by atoms with Crippen LogP contribution < -0.4 is 10.6 Å². The van der Waals surface area contributed by atoms with Crippen molar-refractivity contribution in [3.05, 3.63) is 17.5 Å². The minimum absolute atomic E-state index is 0. The van der Waals surface area contributed by atoms with Crippen LogP contribution in [0.5, 0.6) is 0 Å². The summed E-state index contributed by atoms with van der Waals surface area (Å²) in [6.45, 7) is 10.4. The molecule has 2 rings (SSSR count). The lowest BCUT2D eigenvalue weighted by atomic mass is 10.1. The molecule has 0 aromatic carbocycles. The maximum atomic E-state index is 5.35. The summed E-state index contributed by atoms with van der Waals surface area (Å²) in [5.74, 6) is 2.03. The van der Waals surface area contributed by atoms with Gasteiger partial charge in [-0.25, -0.2) is 0 Å². The molecule has 1 saturated heterocycles. The summed E-state index contributed by atoms with van der Waals surface area (Å²) in [5, 5.41) is 10.8. The van der Waals surface area contributed by atoms with Crippen molar-refractivity contribution < 1.29 is 4.52 Å². The molecule has 0 bridgehead atoms. The molecule has 0 saturated carbocycles. The summed E-state index contributed by atoms with van der Waals surface area (Å²) in [6.07, 6.45) is 3.81. The number of hydrogen-bond donors (Lipinski definition) is 2. The van der Waals surface area contributed by atoms with Crippen LogP contribution in [0.15, 0.2) is 15.6 Å². The molecule has 2 heterocycles. The van der Waals surface area contributed by atoms with E-state index in [4.69, 9.17) is 4.52 Å². The van der Waals surface area contributed by atoms with Crippen molar-refractivity contribution >= 4 is 29.9 Å². The Hall–Kier alpha value is -0.830. The zero-order chi connectivity index (χ0) is 16.7. The van der Waals surface area contributed by atoms with Crippen LogP contribution in [0.2, 0.25) is 0 Å². The fourth-order valence-electron chi connectivity index (χ4n) is 2.93. The third-order valence-corrected chi connectivity index (χ3v) is 4.46. The second-order valence-electron chi connectivity index (χ2n) is 6.48. The van der Waals surface area contributed by atoms with Gasteiger partial charge >= 0.3 is 0 Å². The van der Waals surface area contributed by atoms with Crippen molar-refractivity contribution in [1.82, 2.24) is 20.7 Å². The van der Waals surface area contributed by atoms with Gasteiger partial charge in [0.15, 0.2) is 11.7 Å². The van der Waals surface area contributed by atoms with E-state index >= 15 is 0 Å². The van der Waals surface area contributed by atoms with Crippen molar-refractivity contribution in [1.29, 1.82) is 0 Å². The van der Waals surface area contributed by atoms with Gasteiger partial charge in [0.25, 0.3) is 0 Å². The number of likely N-dealkylation sites (tertiary alicyclic amines) is 1. The minimum atomic E-state index is 0. The fraction of sp³-hybridized carbons (Fsp3) is 0.765. The fourth-order valence-corrected chi connectivity index (χ4v) is 2.93. The molecule has 1 unspecified atom stereocenters. The van der Waals surface area contributed by atoms with E-state index in [2.05, 4.69) is 46.5 Å². The summed E-state index contributed by atoms with van der Waals surface area (Å²) in [7, 11) is 1.80. The molecule has 6 nitrogen and oxygen atoms in total. The van der Waals surface area contributed by atoms with E-state index < -0.39 is 0 Å². The predicted octanol–water partition coefficient (Wildman–Crippen LogP) is 2.96. The number of rotatable bonds is 7. The first-order valence-electron chi connectivity index (χ1n) is 8.78. The first-order chi connectivity index (χ1) is 11.1. The van der Waals surface area contributed by atoms with E-state index in [-0.39, 0.29) is 24.0 Å². The number of nitrogens with one attached hydrogen (secondary N) is 2. The molecule has 138 valence electrons. The Bertz CT molecular complexity index is 497. The van der Waals surface area contributed by atoms with Gasteiger partial charge in [-0.15, -0.1) is 24.0 Å². The van der Waals surface area contributed by atoms with Crippen LogP contribution in [-0.2, 0) is 6.54 Å². The van der Waals surface area contributed by atoms with Gasteiger partial charge in [-0.3, -0.25) is 9.89 Å². The first-order valence-corrected chi connectivity index (χ1v) is 8.78. The predicted molar refractivity (Wildman–Crippen MR) is 109 cm³/mol. The molecule has 0 aliphatic carbocycles. The molecular formula is C17H32IN5O. The number of halogens is 1. The van der Waals surface area contributed by atoms with E-state index in [1.165, 1.54) is 25.9 Å². The van der Waals surface area contributed by atoms with Crippen LogP contribution in [0, 0.1) is 0 Å². The lowest BCUT2D eigenvalue weighted by Crippen LogP contribution is -2.46. The standard InChI is InChI=1S/C17H31N5O.HI/c1-5-14(22-8-6-7-9-22)11-19-17(18-4)20-12-15-10-16(13(2)3)21-23-15;/h10,13-14H,5-9,11-12H2,1-4H3,(H2,18,19,20);1H. The van der Waals surface area contributed by atoms with E-state index in [1.807, 2.05) is 6.07 Å². The lowest BCUT2D eigenvalue weighted by Gasteiger charge is -2.27. The van der Waals surface area contributed by atoms with Crippen LogP contribution in [0.25, 0.3) is 0 Å². The summed E-state index contributed by atoms with van der Waals surface area (Å²) < 4.78 is 5.35. The topological polar surface area (TPSA) is 65.7 Å². The second kappa shape index (κ2) is 10.9. The third-order valence-electron chi connectivity index (χ3n) is 4.46. The summed E-state index contributed by atoms with van der Waals surface area (Å²) >= 11 is 0. The lowest BCUT2D eigenvalue weighted by molar-refractivity contribution is 0.236. The molecule has 1 fully saturated rings. The smallest absolute Gasteiger partial charge is 0.191 e. The Morgan fingerprint density at radius 1 is 1.33 bits per heavy atom. The number of hydrogen-bond acceptors (Lipinski definition) is 4. The summed E-state index contributed by atoms with van der Waals surface area (Å²) in [5.41, 5.74) is 0.991. The molecule has 1 aliphatic rings. The largest absolute Gasteiger partial charge is 0.359 e. The van der Waals surface area contributed by atoms with E-state index in [9.17, 15) is 0 Å². The molecule has 0 amide bonds. The third kappa shape index (κ3) is 6.23. The molecule has 0 spiro atoms. The van der Waals surface area contributed by atoms with Crippen molar-refractivity contribution in [2.24, 2.45) is 4.99 Å². The Labute approximate surface area is 162 Å². The molecule has 1 atom stereocenters. The second-order valence-corrected chi connectivity index (χ2v) is 6.48. The van der Waals surface area contributed by atoms with Gasteiger partial charge in [-0.1, -0.05) is 25.9 Å². The number of nitrogens with zero attached hydrogens (tertiary/aromatic N) is 3. The molecule has 1 aromatic heterocycles. The van der Waals surface area contributed by atoms with Crippen LogP contribution in [0.1, 0.15) is 57.4 Å². The number of guanidine groups is 1. The SMILES string of the molecule is CCC(CNC(=NC)NCc1cc(C(C)C)no1)N1CCCC1.I. The van der Waals surface area contributed by atoms with Crippen LogP contribution >= 0.6 is 24.0 Å². The molecule has 0 radical (unpaired) electrons. The number of aromatic nitrogens is 1. The van der Waals surface area contributed by atoms with Gasteiger partial charge in [0.2, 0.25) is 0 Å². The monoisotopic (exact) mass is 449 g/mol. The molecule has 1 aliphatic heterocycles. The minimum Gasteiger partial charge on any atom is -0.359 e. The van der Waals surface area contributed by atoms with Gasteiger partial charge in [0.1, 0.15) is 0 Å². The molecule has 1 aromatic rings. The van der Waals surface area contributed by atoms with Crippen molar-refractivity contribution in [3.8, 4) is 0 Å². The van der Waals surface area contributed by atoms with E-state index in [0.29, 0.717) is 18.5 Å². The number of aliphatic imine (C=N–C) groups is 1. The van der Waals surface area contributed by atoms with Gasteiger partial charge < -0.3 is 15.2 Å². The molecule has 24 heavy (non-hydrogen) atoms. The first kappa shape index (κ1) is 21.2. The highest BCUT2D eigenvalue weighted by atomic mass is 127. The van der Waals surface area contributed by atoms with Crippen molar-refractivity contribution in [2.45, 2.75) is 58.5 Å². The zero-order valence-corrected chi connectivity index (χ0v) is 17.7. The average Bonchev–Trinajstić information content (AvgIpc) is 3.22. The van der Waals surface area contributed by atoms with E-state index in [0.717, 1.165) is 30.4 Å². The Morgan fingerprint density at radius 2 is 2.04 bits per heavy atom. The van der Waals surface area contributed by atoms with Gasteiger partial charge in [-0.05, 0) is 38.3 Å².